The summed E-state index contributed by atoms with van der Waals surface area (Å²) in [4.78, 5) is 19.5. The van der Waals surface area contributed by atoms with Crippen molar-refractivity contribution < 1.29 is 22.4 Å². The number of pyridine rings is 1. The Hall–Kier alpha value is -5.34. The zero-order valence-corrected chi connectivity index (χ0v) is 24.1. The first kappa shape index (κ1) is 31.1. The summed E-state index contributed by atoms with van der Waals surface area (Å²) >= 11 is 0. The second kappa shape index (κ2) is 13.1. The van der Waals surface area contributed by atoms with Crippen LogP contribution in [-0.2, 0) is 26.3 Å². The molecule has 0 radical (unpaired) electrons. The topological polar surface area (TPSA) is 136 Å². The minimum Gasteiger partial charge on any atom is -0.369 e. The van der Waals surface area contributed by atoms with E-state index in [0.717, 1.165) is 6.07 Å². The maximum atomic E-state index is 14.2. The zero-order chi connectivity index (χ0) is 32.1. The lowest BCUT2D eigenvalue weighted by molar-refractivity contribution is -0.138. The highest BCUT2D eigenvalue weighted by atomic mass is 19.4. The number of alkyl halides is 4. The lowest BCUT2D eigenvalue weighted by atomic mass is 9.97. The quantitative estimate of drug-likeness (QED) is 0.169. The van der Waals surface area contributed by atoms with E-state index in [1.165, 1.54) is 17.3 Å². The number of hydrogen-bond acceptors (Lipinski definition) is 8. The molecule has 0 saturated heterocycles. The molecule has 0 atom stereocenters. The molecule has 0 spiro atoms. The lowest BCUT2D eigenvalue weighted by Crippen LogP contribution is -2.24. The number of halogens is 4. The first-order valence-electron chi connectivity index (χ1n) is 14.0. The molecular weight excluding hydrogens is 590 g/mol. The Labute approximate surface area is 255 Å². The molecule has 4 aromatic rings. The number of carbonyl (C=O) groups is 1. The number of nitrogens with one attached hydrogen (secondary N) is 2. The van der Waals surface area contributed by atoms with Crippen LogP contribution < -0.4 is 15.5 Å². The third kappa shape index (κ3) is 6.61. The van der Waals surface area contributed by atoms with Gasteiger partial charge >= 0.3 is 6.18 Å². The fourth-order valence-corrected chi connectivity index (χ4v) is 5.15. The van der Waals surface area contributed by atoms with Crippen LogP contribution >= 0.6 is 0 Å². The van der Waals surface area contributed by atoms with Gasteiger partial charge in [0.25, 0.3) is 5.91 Å². The Balaban J connectivity index is 1.61. The maximum Gasteiger partial charge on any atom is 0.416 e. The lowest BCUT2D eigenvalue weighted by Gasteiger charge is -2.19. The largest absolute Gasteiger partial charge is 0.416 e. The molecule has 3 heterocycles. The number of nitrogens with zero attached hydrogens (tertiary/aromatic N) is 7. The van der Waals surface area contributed by atoms with E-state index < -0.39 is 24.3 Å². The van der Waals surface area contributed by atoms with E-state index in [9.17, 15) is 27.6 Å². The normalized spacial score (nSPS) is 12.6. The molecule has 14 heteroatoms. The smallest absolute Gasteiger partial charge is 0.369 e. The van der Waals surface area contributed by atoms with Crippen LogP contribution in [0, 0.1) is 22.7 Å². The van der Waals surface area contributed by atoms with E-state index in [2.05, 4.69) is 31.9 Å². The van der Waals surface area contributed by atoms with Crippen LogP contribution in [0.1, 0.15) is 45.5 Å². The van der Waals surface area contributed by atoms with Crippen molar-refractivity contribution in [3.05, 3.63) is 76.6 Å². The van der Waals surface area contributed by atoms with Crippen molar-refractivity contribution in [2.75, 3.05) is 30.0 Å². The highest BCUT2D eigenvalue weighted by molar-refractivity contribution is 6.10. The van der Waals surface area contributed by atoms with Crippen molar-refractivity contribution in [1.82, 2.24) is 25.1 Å². The van der Waals surface area contributed by atoms with Crippen molar-refractivity contribution in [2.24, 2.45) is 7.05 Å². The van der Waals surface area contributed by atoms with Crippen LogP contribution in [0.25, 0.3) is 22.5 Å². The van der Waals surface area contributed by atoms with Gasteiger partial charge in [-0.1, -0.05) is 0 Å². The number of rotatable bonds is 11. The Morgan fingerprint density at radius 2 is 1.87 bits per heavy atom. The highest BCUT2D eigenvalue weighted by Crippen LogP contribution is 2.41. The summed E-state index contributed by atoms with van der Waals surface area (Å²) in [6.45, 7) is -0.396. The minimum atomic E-state index is -4.72. The number of aromatic nitrogens is 4. The first-order chi connectivity index (χ1) is 21.6. The summed E-state index contributed by atoms with van der Waals surface area (Å²) < 4.78 is 56.9. The molecule has 10 nitrogen and oxygen atoms in total. The Morgan fingerprint density at radius 1 is 1.04 bits per heavy atom. The fourth-order valence-electron chi connectivity index (χ4n) is 5.15. The van der Waals surface area contributed by atoms with E-state index in [0.29, 0.717) is 28.1 Å². The average molecular weight is 618 g/mol. The van der Waals surface area contributed by atoms with Crippen LogP contribution in [0.4, 0.5) is 29.2 Å². The average Bonchev–Trinajstić information content (AvgIpc) is 3.60. The van der Waals surface area contributed by atoms with E-state index in [-0.39, 0.29) is 67.3 Å². The number of anilines is 2. The summed E-state index contributed by atoms with van der Waals surface area (Å²) in [5.41, 5.74) is 1.09. The molecular formula is C31H27F4N9O. The van der Waals surface area contributed by atoms with Gasteiger partial charge < -0.3 is 15.2 Å². The van der Waals surface area contributed by atoms with Gasteiger partial charge in [0.15, 0.2) is 5.82 Å². The molecule has 0 aliphatic carbocycles. The van der Waals surface area contributed by atoms with Crippen molar-refractivity contribution in [1.29, 1.82) is 10.5 Å². The molecule has 0 saturated carbocycles. The van der Waals surface area contributed by atoms with Gasteiger partial charge in [0.05, 0.1) is 42.9 Å². The summed E-state index contributed by atoms with van der Waals surface area (Å²) in [7, 11) is 1.76. The van der Waals surface area contributed by atoms with Crippen LogP contribution in [0.15, 0.2) is 48.8 Å². The van der Waals surface area contributed by atoms with E-state index in [4.69, 9.17) is 5.26 Å². The number of benzene rings is 2. The molecule has 1 aliphatic rings. The molecule has 2 aromatic carbocycles. The van der Waals surface area contributed by atoms with E-state index in [1.807, 2.05) is 6.07 Å². The summed E-state index contributed by atoms with van der Waals surface area (Å²) in [5.74, 6) is 0.198. The van der Waals surface area contributed by atoms with Gasteiger partial charge in [0, 0.05) is 31.3 Å². The number of carbonyl (C=O) groups excluding carboxylic acids is 1. The zero-order valence-electron chi connectivity index (χ0n) is 24.1. The SMILES string of the molecule is Cn1cnnc1-c1ccc(C#N)cc1-c1cc(NCCC#N)nc(N2Cc3c(cc(CNCCCF)cc3C(F)(F)F)C2=O)c1. The Kier molecular flexibility index (Phi) is 9.06. The summed E-state index contributed by atoms with van der Waals surface area (Å²) in [6, 6.07) is 14.8. The molecule has 1 aliphatic heterocycles. The van der Waals surface area contributed by atoms with Crippen LogP contribution in [0.5, 0.6) is 0 Å². The van der Waals surface area contributed by atoms with Gasteiger partial charge in [-0.15, -0.1) is 10.2 Å². The van der Waals surface area contributed by atoms with Crippen molar-refractivity contribution >= 4 is 17.5 Å². The van der Waals surface area contributed by atoms with Gasteiger partial charge in [0.2, 0.25) is 0 Å². The second-order valence-corrected chi connectivity index (χ2v) is 10.3. The molecule has 5 rings (SSSR count). The van der Waals surface area contributed by atoms with Gasteiger partial charge in [0.1, 0.15) is 18.0 Å². The number of hydrogen-bond donors (Lipinski definition) is 2. The van der Waals surface area contributed by atoms with Crippen LogP contribution in [0.2, 0.25) is 0 Å². The molecule has 0 fully saturated rings. The van der Waals surface area contributed by atoms with E-state index >= 15 is 0 Å². The third-order valence-corrected chi connectivity index (χ3v) is 7.27. The Bertz CT molecular complexity index is 1820. The molecule has 0 unspecified atom stereocenters. The number of aryl methyl sites for hydroxylation is 1. The fraction of sp³-hybridized carbons (Fsp3) is 0.290. The predicted molar refractivity (Wildman–Crippen MR) is 157 cm³/mol. The van der Waals surface area contributed by atoms with Gasteiger partial charge in [-0.05, 0) is 77.7 Å². The molecule has 1 amide bonds. The van der Waals surface area contributed by atoms with Gasteiger partial charge in [-0.2, -0.15) is 23.7 Å². The monoisotopic (exact) mass is 617 g/mol. The number of fused-ring (bicyclic) bond motifs is 1. The van der Waals surface area contributed by atoms with Crippen molar-refractivity contribution in [3.8, 4) is 34.7 Å². The number of amides is 1. The second-order valence-electron chi connectivity index (χ2n) is 10.3. The molecule has 2 aromatic heterocycles. The van der Waals surface area contributed by atoms with Crippen molar-refractivity contribution in [3.63, 3.8) is 0 Å². The summed E-state index contributed by atoms with van der Waals surface area (Å²) in [5, 5.41) is 32.8. The predicted octanol–water partition coefficient (Wildman–Crippen LogP) is 5.37. The minimum absolute atomic E-state index is 0.0321. The first-order valence-corrected chi connectivity index (χ1v) is 14.0. The van der Waals surface area contributed by atoms with Gasteiger partial charge in [-0.25, -0.2) is 4.98 Å². The highest BCUT2D eigenvalue weighted by Gasteiger charge is 2.41. The maximum absolute atomic E-state index is 14.2. The van der Waals surface area contributed by atoms with Gasteiger partial charge in [-0.3, -0.25) is 14.1 Å². The molecule has 0 bridgehead atoms. The van der Waals surface area contributed by atoms with Crippen molar-refractivity contribution in [2.45, 2.75) is 32.1 Å². The Morgan fingerprint density at radius 3 is 2.56 bits per heavy atom. The van der Waals surface area contributed by atoms with E-state index in [1.54, 1.807) is 41.9 Å². The number of nitriles is 2. The molecule has 230 valence electrons. The third-order valence-electron chi connectivity index (χ3n) is 7.27. The molecule has 45 heavy (non-hydrogen) atoms. The standard InChI is InChI=1S/C31H27F4N9O/c1-43-18-40-42-29(43)22-5-4-19(15-37)10-23(22)21-13-27(39-9-3-7-36)41-28(14-21)44-17-25-24(30(44)45)11-20(16-38-8-2-6-32)12-26(25)31(33,34)35/h4-5,10-14,18,38H,2-3,6,8-9,16-17H2,1H3,(H,39,41). The summed E-state index contributed by atoms with van der Waals surface area (Å²) in [6.07, 6.45) is -2.84. The van der Waals surface area contributed by atoms with Crippen LogP contribution in [0.3, 0.4) is 0 Å². The molecule has 2 N–H and O–H groups in total. The van der Waals surface area contributed by atoms with Crippen LogP contribution in [-0.4, -0.2) is 45.4 Å².